The number of thioether (sulfide) groups is 1. The van der Waals surface area contributed by atoms with E-state index in [0.29, 0.717) is 17.4 Å². The molecule has 0 N–H and O–H groups in total. The first-order chi connectivity index (χ1) is 7.75. The molecule has 4 heteroatoms. The van der Waals surface area contributed by atoms with Gasteiger partial charge in [-0.05, 0) is 24.6 Å². The molecule has 0 saturated carbocycles. The van der Waals surface area contributed by atoms with Crippen molar-refractivity contribution >= 4 is 29.1 Å². The van der Waals surface area contributed by atoms with Crippen LogP contribution in [0.4, 0.5) is 0 Å². The van der Waals surface area contributed by atoms with E-state index in [2.05, 4.69) is 0 Å². The lowest BCUT2D eigenvalue weighted by Gasteiger charge is -2.06. The molecule has 1 atom stereocenters. The van der Waals surface area contributed by atoms with Crippen molar-refractivity contribution in [2.45, 2.75) is 11.3 Å². The van der Waals surface area contributed by atoms with E-state index < -0.39 is 0 Å². The van der Waals surface area contributed by atoms with E-state index in [1.54, 1.807) is 0 Å². The summed E-state index contributed by atoms with van der Waals surface area (Å²) in [7, 11) is 0. The van der Waals surface area contributed by atoms with Crippen LogP contribution >= 0.6 is 23.4 Å². The van der Waals surface area contributed by atoms with Crippen molar-refractivity contribution in [1.82, 2.24) is 0 Å². The van der Waals surface area contributed by atoms with Crippen LogP contribution < -0.4 is 0 Å². The van der Waals surface area contributed by atoms with Crippen LogP contribution in [0.2, 0.25) is 5.02 Å². The third-order valence-electron chi connectivity index (χ3n) is 2.56. The summed E-state index contributed by atoms with van der Waals surface area (Å²) >= 11 is 7.41. The molecule has 1 heterocycles. The quantitative estimate of drug-likeness (QED) is 0.775. The monoisotopic (exact) mass is 256 g/mol. The Hall–Kier alpha value is -0.510. The second-order valence-electron chi connectivity index (χ2n) is 3.77. The molecule has 16 heavy (non-hydrogen) atoms. The van der Waals surface area contributed by atoms with Gasteiger partial charge in [0, 0.05) is 22.4 Å². The summed E-state index contributed by atoms with van der Waals surface area (Å²) in [5, 5.41) is 0.710. The van der Waals surface area contributed by atoms with Crippen LogP contribution in [0.15, 0.2) is 29.2 Å². The normalized spacial score (nSPS) is 19.9. The molecule has 2 nitrogen and oxygen atoms in total. The summed E-state index contributed by atoms with van der Waals surface area (Å²) in [5.41, 5.74) is 0. The highest BCUT2D eigenvalue weighted by atomic mass is 35.5. The summed E-state index contributed by atoms with van der Waals surface area (Å²) in [6.07, 6.45) is 0.870. The highest BCUT2D eigenvalue weighted by molar-refractivity contribution is 8.00. The van der Waals surface area contributed by atoms with Crippen molar-refractivity contribution in [3.63, 3.8) is 0 Å². The summed E-state index contributed by atoms with van der Waals surface area (Å²) in [6, 6.07) is 7.58. The van der Waals surface area contributed by atoms with E-state index in [1.165, 1.54) is 11.8 Å². The Morgan fingerprint density at radius 3 is 3.12 bits per heavy atom. The lowest BCUT2D eigenvalue weighted by Crippen LogP contribution is -2.16. The van der Waals surface area contributed by atoms with Crippen LogP contribution in [0.25, 0.3) is 0 Å². The SMILES string of the molecule is O=C(CSc1cccc(Cl)c1)C1CCOC1. The van der Waals surface area contributed by atoms with Crippen molar-refractivity contribution in [3.8, 4) is 0 Å². The van der Waals surface area contributed by atoms with Crippen molar-refractivity contribution < 1.29 is 9.53 Å². The molecule has 0 amide bonds. The van der Waals surface area contributed by atoms with Gasteiger partial charge in [0.05, 0.1) is 12.4 Å². The Bertz CT molecular complexity index is 375. The van der Waals surface area contributed by atoms with Crippen molar-refractivity contribution in [1.29, 1.82) is 0 Å². The van der Waals surface area contributed by atoms with Gasteiger partial charge in [-0.2, -0.15) is 0 Å². The van der Waals surface area contributed by atoms with E-state index >= 15 is 0 Å². The standard InChI is InChI=1S/C12H13ClO2S/c13-10-2-1-3-11(6-10)16-8-12(14)9-4-5-15-7-9/h1-3,6,9H,4-5,7-8H2. The minimum atomic E-state index is 0.103. The summed E-state index contributed by atoms with van der Waals surface area (Å²) in [4.78, 5) is 12.8. The van der Waals surface area contributed by atoms with Crippen LogP contribution in [0.3, 0.4) is 0 Å². The minimum absolute atomic E-state index is 0.103. The Morgan fingerprint density at radius 2 is 2.44 bits per heavy atom. The Balaban J connectivity index is 1.84. The molecule has 2 rings (SSSR count). The Morgan fingerprint density at radius 1 is 1.56 bits per heavy atom. The van der Waals surface area contributed by atoms with E-state index in [0.717, 1.165) is 17.9 Å². The van der Waals surface area contributed by atoms with E-state index in [1.807, 2.05) is 24.3 Å². The molecule has 1 aromatic rings. The van der Waals surface area contributed by atoms with Crippen LogP contribution in [0.1, 0.15) is 6.42 Å². The fourth-order valence-electron chi connectivity index (χ4n) is 1.62. The average molecular weight is 257 g/mol. The molecule has 0 spiro atoms. The second-order valence-corrected chi connectivity index (χ2v) is 5.26. The fraction of sp³-hybridized carbons (Fsp3) is 0.417. The molecular formula is C12H13ClO2S. The van der Waals surface area contributed by atoms with Gasteiger partial charge in [-0.25, -0.2) is 0 Å². The Labute approximate surface area is 104 Å². The van der Waals surface area contributed by atoms with Gasteiger partial charge in [0.15, 0.2) is 0 Å². The molecule has 1 fully saturated rings. The molecule has 0 aliphatic carbocycles. The second kappa shape index (κ2) is 5.71. The molecule has 1 aliphatic heterocycles. The number of hydrogen-bond acceptors (Lipinski definition) is 3. The first-order valence-corrected chi connectivity index (χ1v) is 6.61. The third kappa shape index (κ3) is 3.24. The maximum atomic E-state index is 11.8. The van der Waals surface area contributed by atoms with E-state index in [-0.39, 0.29) is 11.7 Å². The average Bonchev–Trinajstić information content (AvgIpc) is 2.79. The molecular weight excluding hydrogens is 244 g/mol. The van der Waals surface area contributed by atoms with Gasteiger partial charge >= 0.3 is 0 Å². The molecule has 1 aromatic carbocycles. The zero-order valence-electron chi connectivity index (χ0n) is 8.82. The minimum Gasteiger partial charge on any atom is -0.381 e. The van der Waals surface area contributed by atoms with E-state index in [4.69, 9.17) is 16.3 Å². The third-order valence-corrected chi connectivity index (χ3v) is 3.81. The number of ketones is 1. The fourth-order valence-corrected chi connectivity index (χ4v) is 2.80. The van der Waals surface area contributed by atoms with E-state index in [9.17, 15) is 4.79 Å². The van der Waals surface area contributed by atoms with Crippen LogP contribution in [0, 0.1) is 5.92 Å². The largest absolute Gasteiger partial charge is 0.381 e. The summed E-state index contributed by atoms with van der Waals surface area (Å²) in [6.45, 7) is 1.31. The van der Waals surface area contributed by atoms with Gasteiger partial charge in [0.25, 0.3) is 0 Å². The first-order valence-electron chi connectivity index (χ1n) is 5.24. The number of benzene rings is 1. The lowest BCUT2D eigenvalue weighted by molar-refractivity contribution is -0.120. The number of hydrogen-bond donors (Lipinski definition) is 0. The summed E-state index contributed by atoms with van der Waals surface area (Å²) in [5.74, 6) is 0.892. The topological polar surface area (TPSA) is 26.3 Å². The number of halogens is 1. The van der Waals surface area contributed by atoms with Crippen LogP contribution in [-0.4, -0.2) is 24.7 Å². The molecule has 1 aliphatic rings. The van der Waals surface area contributed by atoms with Gasteiger partial charge < -0.3 is 4.74 Å². The zero-order chi connectivity index (χ0) is 11.4. The predicted octanol–water partition coefficient (Wildman–Crippen LogP) is 3.04. The van der Waals surface area contributed by atoms with Gasteiger partial charge in [-0.15, -0.1) is 11.8 Å². The number of carbonyl (C=O) groups is 1. The molecule has 0 bridgehead atoms. The van der Waals surface area contributed by atoms with Crippen molar-refractivity contribution in [2.24, 2.45) is 5.92 Å². The highest BCUT2D eigenvalue weighted by Gasteiger charge is 2.22. The highest BCUT2D eigenvalue weighted by Crippen LogP contribution is 2.24. The maximum absolute atomic E-state index is 11.8. The number of Topliss-reactive ketones (excluding diaryl/α,β-unsaturated/α-hetero) is 1. The van der Waals surface area contributed by atoms with Crippen LogP contribution in [0.5, 0.6) is 0 Å². The molecule has 1 saturated heterocycles. The van der Waals surface area contributed by atoms with Gasteiger partial charge in [0.2, 0.25) is 0 Å². The van der Waals surface area contributed by atoms with Gasteiger partial charge in [-0.1, -0.05) is 17.7 Å². The van der Waals surface area contributed by atoms with Gasteiger partial charge in [-0.3, -0.25) is 4.79 Å². The van der Waals surface area contributed by atoms with Crippen molar-refractivity contribution in [2.75, 3.05) is 19.0 Å². The number of rotatable bonds is 4. The zero-order valence-corrected chi connectivity index (χ0v) is 10.4. The Kier molecular flexibility index (Phi) is 4.27. The summed E-state index contributed by atoms with van der Waals surface area (Å²) < 4.78 is 5.20. The maximum Gasteiger partial charge on any atom is 0.148 e. The lowest BCUT2D eigenvalue weighted by atomic mass is 10.1. The number of carbonyl (C=O) groups excluding carboxylic acids is 1. The van der Waals surface area contributed by atoms with Crippen LogP contribution in [-0.2, 0) is 9.53 Å². The van der Waals surface area contributed by atoms with Gasteiger partial charge in [0.1, 0.15) is 5.78 Å². The predicted molar refractivity (Wildman–Crippen MR) is 66.1 cm³/mol. The smallest absolute Gasteiger partial charge is 0.148 e. The molecule has 1 unspecified atom stereocenters. The molecule has 86 valence electrons. The number of ether oxygens (including phenoxy) is 1. The first kappa shape index (κ1) is 12.0. The molecule has 0 aromatic heterocycles. The molecule has 0 radical (unpaired) electrons. The van der Waals surface area contributed by atoms with Crippen molar-refractivity contribution in [3.05, 3.63) is 29.3 Å².